The van der Waals surface area contributed by atoms with Gasteiger partial charge in [0.2, 0.25) is 5.91 Å². The summed E-state index contributed by atoms with van der Waals surface area (Å²) < 4.78 is 0. The van der Waals surface area contributed by atoms with E-state index in [0.717, 1.165) is 11.3 Å². The summed E-state index contributed by atoms with van der Waals surface area (Å²) in [5, 5.41) is 12.2. The van der Waals surface area contributed by atoms with Gasteiger partial charge in [0.1, 0.15) is 5.75 Å². The number of amides is 1. The van der Waals surface area contributed by atoms with E-state index < -0.39 is 0 Å². The highest BCUT2D eigenvalue weighted by atomic mass is 32.2. The minimum absolute atomic E-state index is 0.0170. The Balaban J connectivity index is 2.48. The number of hydrogen-bond donors (Lipinski definition) is 3. The van der Waals surface area contributed by atoms with Crippen LogP contribution in [0.25, 0.3) is 0 Å². The molecule has 4 nitrogen and oxygen atoms in total. The van der Waals surface area contributed by atoms with Crippen molar-refractivity contribution in [3.05, 3.63) is 24.3 Å². The van der Waals surface area contributed by atoms with Gasteiger partial charge in [-0.15, -0.1) is 11.8 Å². The molecule has 1 atom stereocenters. The zero-order valence-corrected chi connectivity index (χ0v) is 13.2. The van der Waals surface area contributed by atoms with Gasteiger partial charge < -0.3 is 16.2 Å². The lowest BCUT2D eigenvalue weighted by Crippen LogP contribution is -2.52. The number of phenolic OH excluding ortho intramolecular Hbond substituents is 1. The summed E-state index contributed by atoms with van der Waals surface area (Å²) in [7, 11) is 0. The number of carbonyl (C=O) groups excluding carboxylic acids is 1. The molecule has 0 bridgehead atoms. The number of carbonyl (C=O) groups is 1. The largest absolute Gasteiger partial charge is 0.508 e. The fraction of sp³-hybridized carbons (Fsp3) is 0.533. The van der Waals surface area contributed by atoms with Gasteiger partial charge in [-0.25, -0.2) is 0 Å². The third-order valence-electron chi connectivity index (χ3n) is 2.96. The third-order valence-corrected chi connectivity index (χ3v) is 3.97. The molecular weight excluding hydrogens is 272 g/mol. The molecule has 0 saturated heterocycles. The lowest BCUT2D eigenvalue weighted by atomic mass is 9.91. The molecule has 0 spiro atoms. The first-order valence-electron chi connectivity index (χ1n) is 6.77. The van der Waals surface area contributed by atoms with Crippen molar-refractivity contribution in [3.8, 4) is 5.75 Å². The van der Waals surface area contributed by atoms with Crippen LogP contribution in [-0.2, 0) is 4.79 Å². The second kappa shape index (κ2) is 7.55. The Kier molecular flexibility index (Phi) is 6.36. The van der Waals surface area contributed by atoms with Crippen molar-refractivity contribution in [1.29, 1.82) is 0 Å². The smallest absolute Gasteiger partial charge is 0.230 e. The Morgan fingerprint density at radius 1 is 1.40 bits per heavy atom. The van der Waals surface area contributed by atoms with Crippen LogP contribution in [0.2, 0.25) is 0 Å². The third kappa shape index (κ3) is 5.84. The monoisotopic (exact) mass is 296 g/mol. The standard InChI is InChI=1S/C15H24N2O2S/c1-11(2)8-15(3,10-16)17-14(19)9-20-13-6-4-12(18)5-7-13/h4-7,11,18H,8-10,16H2,1-3H3,(H,17,19). The second-order valence-electron chi connectivity index (χ2n) is 5.69. The van der Waals surface area contributed by atoms with Crippen molar-refractivity contribution in [2.75, 3.05) is 12.3 Å². The summed E-state index contributed by atoms with van der Waals surface area (Å²) in [5.74, 6) is 1.04. The normalized spacial score (nSPS) is 14.1. The Morgan fingerprint density at radius 3 is 2.50 bits per heavy atom. The van der Waals surface area contributed by atoms with E-state index in [1.165, 1.54) is 11.8 Å². The van der Waals surface area contributed by atoms with Gasteiger partial charge in [-0.05, 0) is 43.5 Å². The topological polar surface area (TPSA) is 75.3 Å². The highest BCUT2D eigenvalue weighted by molar-refractivity contribution is 8.00. The van der Waals surface area contributed by atoms with E-state index in [1.807, 2.05) is 6.92 Å². The van der Waals surface area contributed by atoms with Gasteiger partial charge in [0.05, 0.1) is 5.75 Å². The number of nitrogens with two attached hydrogens (primary N) is 1. The zero-order chi connectivity index (χ0) is 15.2. The number of thioether (sulfide) groups is 1. The van der Waals surface area contributed by atoms with Crippen LogP contribution >= 0.6 is 11.8 Å². The number of nitrogens with one attached hydrogen (secondary N) is 1. The minimum atomic E-state index is -0.346. The van der Waals surface area contributed by atoms with Crippen LogP contribution in [-0.4, -0.2) is 28.9 Å². The van der Waals surface area contributed by atoms with Crippen LogP contribution < -0.4 is 11.1 Å². The van der Waals surface area contributed by atoms with Gasteiger partial charge in [-0.2, -0.15) is 0 Å². The molecule has 0 saturated carbocycles. The average molecular weight is 296 g/mol. The van der Waals surface area contributed by atoms with Gasteiger partial charge in [-0.1, -0.05) is 13.8 Å². The van der Waals surface area contributed by atoms with Crippen LogP contribution in [0.4, 0.5) is 0 Å². The van der Waals surface area contributed by atoms with Gasteiger partial charge in [0.25, 0.3) is 0 Å². The quantitative estimate of drug-likeness (QED) is 0.675. The second-order valence-corrected chi connectivity index (χ2v) is 6.74. The molecule has 1 unspecified atom stereocenters. The van der Waals surface area contributed by atoms with E-state index in [9.17, 15) is 9.90 Å². The molecule has 0 aliphatic heterocycles. The van der Waals surface area contributed by atoms with Crippen molar-refractivity contribution in [2.45, 2.75) is 37.6 Å². The van der Waals surface area contributed by atoms with Gasteiger partial charge >= 0.3 is 0 Å². The number of hydrogen-bond acceptors (Lipinski definition) is 4. The fourth-order valence-corrected chi connectivity index (χ4v) is 2.85. The molecule has 1 aromatic carbocycles. The molecule has 1 aromatic rings. The van der Waals surface area contributed by atoms with E-state index in [1.54, 1.807) is 24.3 Å². The Morgan fingerprint density at radius 2 is 2.00 bits per heavy atom. The predicted octanol–water partition coefficient (Wildman–Crippen LogP) is 2.36. The molecular formula is C15H24N2O2S. The van der Waals surface area contributed by atoms with Crippen molar-refractivity contribution >= 4 is 17.7 Å². The van der Waals surface area contributed by atoms with Crippen LogP contribution in [0.15, 0.2) is 29.2 Å². The van der Waals surface area contributed by atoms with Gasteiger partial charge in [0, 0.05) is 17.0 Å². The maximum Gasteiger partial charge on any atom is 0.230 e. The molecule has 5 heteroatoms. The lowest BCUT2D eigenvalue weighted by molar-refractivity contribution is -0.120. The molecule has 0 fully saturated rings. The highest BCUT2D eigenvalue weighted by Gasteiger charge is 2.25. The summed E-state index contributed by atoms with van der Waals surface area (Å²) >= 11 is 1.44. The minimum Gasteiger partial charge on any atom is -0.508 e. The Bertz CT molecular complexity index is 434. The molecule has 0 aliphatic carbocycles. The van der Waals surface area contributed by atoms with E-state index in [-0.39, 0.29) is 17.2 Å². The van der Waals surface area contributed by atoms with Gasteiger partial charge in [0.15, 0.2) is 0 Å². The fourth-order valence-electron chi connectivity index (χ4n) is 2.15. The van der Waals surface area contributed by atoms with E-state index in [0.29, 0.717) is 18.2 Å². The van der Waals surface area contributed by atoms with Crippen LogP contribution in [0.5, 0.6) is 5.75 Å². The molecule has 0 heterocycles. The van der Waals surface area contributed by atoms with Crippen molar-refractivity contribution in [3.63, 3.8) is 0 Å². The zero-order valence-electron chi connectivity index (χ0n) is 12.3. The first kappa shape index (κ1) is 16.9. The summed E-state index contributed by atoms with van der Waals surface area (Å²) in [5.41, 5.74) is 5.43. The molecule has 0 aliphatic rings. The Labute approximate surface area is 125 Å². The molecule has 0 radical (unpaired) electrons. The Hall–Kier alpha value is -1.20. The first-order valence-corrected chi connectivity index (χ1v) is 7.76. The highest BCUT2D eigenvalue weighted by Crippen LogP contribution is 2.21. The lowest BCUT2D eigenvalue weighted by Gasteiger charge is -2.31. The average Bonchev–Trinajstić information content (AvgIpc) is 2.37. The number of rotatable bonds is 7. The van der Waals surface area contributed by atoms with E-state index in [4.69, 9.17) is 5.73 Å². The number of benzene rings is 1. The van der Waals surface area contributed by atoms with E-state index >= 15 is 0 Å². The van der Waals surface area contributed by atoms with Crippen LogP contribution in [0.3, 0.4) is 0 Å². The van der Waals surface area contributed by atoms with Crippen LogP contribution in [0.1, 0.15) is 27.2 Å². The summed E-state index contributed by atoms with van der Waals surface area (Å²) in [6, 6.07) is 6.82. The molecule has 4 N–H and O–H groups in total. The molecule has 1 rings (SSSR count). The van der Waals surface area contributed by atoms with Crippen molar-refractivity contribution < 1.29 is 9.90 Å². The number of phenols is 1. The number of aromatic hydroxyl groups is 1. The maximum atomic E-state index is 12.0. The van der Waals surface area contributed by atoms with Crippen molar-refractivity contribution in [1.82, 2.24) is 5.32 Å². The predicted molar refractivity (Wildman–Crippen MR) is 83.9 cm³/mol. The van der Waals surface area contributed by atoms with Crippen LogP contribution in [0, 0.1) is 5.92 Å². The van der Waals surface area contributed by atoms with Crippen molar-refractivity contribution in [2.24, 2.45) is 11.7 Å². The molecule has 1 amide bonds. The maximum absolute atomic E-state index is 12.0. The molecule has 0 aromatic heterocycles. The summed E-state index contributed by atoms with van der Waals surface area (Å²) in [4.78, 5) is 13.0. The first-order chi connectivity index (χ1) is 9.34. The molecule has 20 heavy (non-hydrogen) atoms. The summed E-state index contributed by atoms with van der Waals surface area (Å²) in [6.45, 7) is 6.65. The van der Waals surface area contributed by atoms with E-state index in [2.05, 4.69) is 19.2 Å². The molecule has 112 valence electrons. The van der Waals surface area contributed by atoms with Gasteiger partial charge in [-0.3, -0.25) is 4.79 Å². The SMILES string of the molecule is CC(C)CC(C)(CN)NC(=O)CSc1ccc(O)cc1. The summed E-state index contributed by atoms with van der Waals surface area (Å²) in [6.07, 6.45) is 0.860.